The van der Waals surface area contributed by atoms with E-state index in [0.29, 0.717) is 0 Å². The number of rotatable bonds is 3. The van der Waals surface area contributed by atoms with E-state index in [2.05, 4.69) is 24.1 Å². The van der Waals surface area contributed by atoms with Crippen LogP contribution in [0.15, 0.2) is 0 Å². The van der Waals surface area contributed by atoms with Crippen LogP contribution in [0.2, 0.25) is 0 Å². The number of nitrogens with zero attached hydrogens (tertiary/aromatic N) is 1. The van der Waals surface area contributed by atoms with Gasteiger partial charge in [-0.15, -0.1) is 0 Å². The predicted octanol–water partition coefficient (Wildman–Crippen LogP) is 2.50. The molecule has 2 aliphatic rings. The molecule has 2 saturated heterocycles. The van der Waals surface area contributed by atoms with E-state index in [1.165, 1.54) is 58.3 Å². The molecule has 0 amide bonds. The fourth-order valence-electron chi connectivity index (χ4n) is 3.24. The van der Waals surface area contributed by atoms with Crippen molar-refractivity contribution < 1.29 is 0 Å². The molecule has 2 fully saturated rings. The van der Waals surface area contributed by atoms with Gasteiger partial charge in [-0.3, -0.25) is 0 Å². The highest BCUT2D eigenvalue weighted by atomic mass is 15.2. The minimum Gasteiger partial charge on any atom is -0.312 e. The summed E-state index contributed by atoms with van der Waals surface area (Å²) < 4.78 is 0. The van der Waals surface area contributed by atoms with Crippen LogP contribution in [0.25, 0.3) is 0 Å². The summed E-state index contributed by atoms with van der Waals surface area (Å²) in [6, 6.07) is 0.762. The standard InChI is InChI=1S/C14H28N2/c1-3-13-5-4-9-16(10-7-13)11-14-12(2)6-8-15-14/h12-15H,3-11H2,1-2H3. The topological polar surface area (TPSA) is 15.3 Å². The first kappa shape index (κ1) is 12.4. The van der Waals surface area contributed by atoms with Gasteiger partial charge in [0.25, 0.3) is 0 Å². The second kappa shape index (κ2) is 6.02. The van der Waals surface area contributed by atoms with Crippen molar-refractivity contribution in [2.75, 3.05) is 26.2 Å². The van der Waals surface area contributed by atoms with Crippen LogP contribution in [0.1, 0.15) is 46.0 Å². The van der Waals surface area contributed by atoms with Crippen molar-refractivity contribution in [3.63, 3.8) is 0 Å². The number of hydrogen-bond donors (Lipinski definition) is 1. The molecule has 0 bridgehead atoms. The lowest BCUT2D eigenvalue weighted by molar-refractivity contribution is 0.238. The van der Waals surface area contributed by atoms with Gasteiger partial charge in [-0.05, 0) is 57.2 Å². The van der Waals surface area contributed by atoms with Gasteiger partial charge in [-0.2, -0.15) is 0 Å². The summed E-state index contributed by atoms with van der Waals surface area (Å²) in [6.45, 7) is 9.94. The third kappa shape index (κ3) is 3.21. The average Bonchev–Trinajstić information content (AvgIpc) is 2.56. The number of hydrogen-bond acceptors (Lipinski definition) is 2. The molecule has 1 N–H and O–H groups in total. The summed E-state index contributed by atoms with van der Waals surface area (Å²) >= 11 is 0. The van der Waals surface area contributed by atoms with E-state index in [-0.39, 0.29) is 0 Å². The summed E-state index contributed by atoms with van der Waals surface area (Å²) in [6.07, 6.45) is 7.06. The van der Waals surface area contributed by atoms with E-state index >= 15 is 0 Å². The van der Waals surface area contributed by atoms with Crippen molar-refractivity contribution in [2.24, 2.45) is 11.8 Å². The second-order valence-corrected chi connectivity index (χ2v) is 5.83. The maximum atomic E-state index is 3.66. The summed E-state index contributed by atoms with van der Waals surface area (Å²) in [5, 5.41) is 3.66. The molecule has 2 aliphatic heterocycles. The van der Waals surface area contributed by atoms with Gasteiger partial charge >= 0.3 is 0 Å². The van der Waals surface area contributed by atoms with Gasteiger partial charge in [0, 0.05) is 12.6 Å². The highest BCUT2D eigenvalue weighted by Crippen LogP contribution is 2.22. The van der Waals surface area contributed by atoms with Gasteiger partial charge < -0.3 is 10.2 Å². The van der Waals surface area contributed by atoms with Gasteiger partial charge in [0.15, 0.2) is 0 Å². The average molecular weight is 224 g/mol. The van der Waals surface area contributed by atoms with Crippen molar-refractivity contribution in [1.29, 1.82) is 0 Å². The smallest absolute Gasteiger partial charge is 0.0221 e. The third-order valence-electron chi connectivity index (χ3n) is 4.67. The van der Waals surface area contributed by atoms with Crippen LogP contribution in [-0.2, 0) is 0 Å². The maximum Gasteiger partial charge on any atom is 0.0221 e. The van der Waals surface area contributed by atoms with Crippen LogP contribution in [0.4, 0.5) is 0 Å². The Hall–Kier alpha value is -0.0800. The van der Waals surface area contributed by atoms with E-state index < -0.39 is 0 Å². The van der Waals surface area contributed by atoms with Gasteiger partial charge in [0.2, 0.25) is 0 Å². The minimum absolute atomic E-state index is 0.762. The molecule has 0 aromatic rings. The SMILES string of the molecule is CCC1CCCN(CC2NCCC2C)CC1. The highest BCUT2D eigenvalue weighted by Gasteiger charge is 2.25. The van der Waals surface area contributed by atoms with Crippen LogP contribution < -0.4 is 5.32 Å². The first-order chi connectivity index (χ1) is 7.79. The summed E-state index contributed by atoms with van der Waals surface area (Å²) in [4.78, 5) is 2.70. The molecule has 2 rings (SSSR count). The Balaban J connectivity index is 1.77. The molecule has 0 aromatic heterocycles. The molecule has 2 heterocycles. The normalized spacial score (nSPS) is 37.5. The van der Waals surface area contributed by atoms with Crippen molar-refractivity contribution in [1.82, 2.24) is 10.2 Å². The lowest BCUT2D eigenvalue weighted by atomic mass is 9.98. The number of likely N-dealkylation sites (tertiary alicyclic amines) is 1. The van der Waals surface area contributed by atoms with Crippen molar-refractivity contribution in [3.8, 4) is 0 Å². The first-order valence-electron chi connectivity index (χ1n) is 7.25. The zero-order chi connectivity index (χ0) is 11.4. The fourth-order valence-corrected chi connectivity index (χ4v) is 3.24. The Morgan fingerprint density at radius 2 is 2.06 bits per heavy atom. The Morgan fingerprint density at radius 1 is 1.19 bits per heavy atom. The molecule has 0 aromatic carbocycles. The molecule has 2 nitrogen and oxygen atoms in total. The van der Waals surface area contributed by atoms with Crippen LogP contribution in [0.3, 0.4) is 0 Å². The Kier molecular flexibility index (Phi) is 4.66. The number of nitrogens with one attached hydrogen (secondary N) is 1. The lowest BCUT2D eigenvalue weighted by Gasteiger charge is -2.26. The molecule has 0 saturated carbocycles. The molecule has 94 valence electrons. The van der Waals surface area contributed by atoms with Crippen molar-refractivity contribution >= 4 is 0 Å². The van der Waals surface area contributed by atoms with Crippen molar-refractivity contribution in [2.45, 2.75) is 52.0 Å². The Labute approximate surface area is 101 Å². The molecule has 16 heavy (non-hydrogen) atoms. The van der Waals surface area contributed by atoms with Gasteiger partial charge in [0.1, 0.15) is 0 Å². The molecule has 0 aliphatic carbocycles. The maximum absolute atomic E-state index is 3.66. The van der Waals surface area contributed by atoms with Gasteiger partial charge in [0.05, 0.1) is 0 Å². The lowest BCUT2D eigenvalue weighted by Crippen LogP contribution is -2.40. The summed E-state index contributed by atoms with van der Waals surface area (Å²) in [7, 11) is 0. The van der Waals surface area contributed by atoms with Crippen molar-refractivity contribution in [3.05, 3.63) is 0 Å². The summed E-state index contributed by atoms with van der Waals surface area (Å²) in [5.74, 6) is 1.88. The third-order valence-corrected chi connectivity index (χ3v) is 4.67. The zero-order valence-corrected chi connectivity index (χ0v) is 11.0. The van der Waals surface area contributed by atoms with E-state index in [1.807, 2.05) is 0 Å². The first-order valence-corrected chi connectivity index (χ1v) is 7.25. The fraction of sp³-hybridized carbons (Fsp3) is 1.00. The molecule has 3 atom stereocenters. The van der Waals surface area contributed by atoms with Gasteiger partial charge in [-0.25, -0.2) is 0 Å². The van der Waals surface area contributed by atoms with E-state index in [9.17, 15) is 0 Å². The predicted molar refractivity (Wildman–Crippen MR) is 69.6 cm³/mol. The van der Waals surface area contributed by atoms with Crippen LogP contribution in [0, 0.1) is 11.8 Å². The minimum atomic E-state index is 0.762. The zero-order valence-electron chi connectivity index (χ0n) is 11.0. The second-order valence-electron chi connectivity index (χ2n) is 5.83. The molecule has 0 radical (unpaired) electrons. The highest BCUT2D eigenvalue weighted by molar-refractivity contribution is 4.84. The quantitative estimate of drug-likeness (QED) is 0.792. The molecular formula is C14H28N2. The molecular weight excluding hydrogens is 196 g/mol. The van der Waals surface area contributed by atoms with Crippen LogP contribution >= 0.6 is 0 Å². The molecule has 0 spiro atoms. The largest absolute Gasteiger partial charge is 0.312 e. The Morgan fingerprint density at radius 3 is 2.75 bits per heavy atom. The monoisotopic (exact) mass is 224 g/mol. The van der Waals surface area contributed by atoms with E-state index in [4.69, 9.17) is 0 Å². The molecule has 3 unspecified atom stereocenters. The van der Waals surface area contributed by atoms with Crippen LogP contribution in [0.5, 0.6) is 0 Å². The summed E-state index contributed by atoms with van der Waals surface area (Å²) in [5.41, 5.74) is 0. The Bertz CT molecular complexity index is 205. The van der Waals surface area contributed by atoms with E-state index in [1.54, 1.807) is 0 Å². The van der Waals surface area contributed by atoms with Gasteiger partial charge in [-0.1, -0.05) is 20.3 Å². The van der Waals surface area contributed by atoms with E-state index in [0.717, 1.165) is 17.9 Å². The van der Waals surface area contributed by atoms with Crippen LogP contribution in [-0.4, -0.2) is 37.1 Å². The molecule has 2 heteroatoms.